The van der Waals surface area contributed by atoms with Crippen LogP contribution < -0.4 is 5.32 Å². The molecule has 220 valence electrons. The van der Waals surface area contributed by atoms with Crippen LogP contribution in [0, 0.1) is 23.0 Å². The van der Waals surface area contributed by atoms with Crippen LogP contribution >= 0.6 is 0 Å². The molecule has 1 aliphatic carbocycles. The molecule has 1 saturated carbocycles. The number of carbonyl (C=O) groups excluding carboxylic acids is 2. The minimum atomic E-state index is -0.994. The molecule has 2 aliphatic rings. The van der Waals surface area contributed by atoms with Crippen molar-refractivity contribution in [3.63, 3.8) is 0 Å². The number of hydrogen-bond donors (Lipinski definition) is 2. The topological polar surface area (TPSA) is 99.1 Å². The number of aliphatic imine (C=N–C) groups is 1. The van der Waals surface area contributed by atoms with Crippen LogP contribution in [0.1, 0.15) is 100 Å². The van der Waals surface area contributed by atoms with Gasteiger partial charge in [-0.3, -0.25) is 19.4 Å². The first-order valence-corrected chi connectivity index (χ1v) is 14.3. The van der Waals surface area contributed by atoms with E-state index in [4.69, 9.17) is 10.1 Å². The highest BCUT2D eigenvalue weighted by molar-refractivity contribution is 6.46. The first-order chi connectivity index (χ1) is 19.3. The normalized spacial score (nSPS) is 21.6. The van der Waals surface area contributed by atoms with E-state index < -0.39 is 23.3 Å². The molecule has 2 aromatic rings. The Morgan fingerprint density at radius 2 is 1.71 bits per heavy atom. The van der Waals surface area contributed by atoms with Gasteiger partial charge in [-0.05, 0) is 73.3 Å². The SMILES string of the molecule is CCC[C@H](c1ccc(C(=O)NCCC(=O)O)cc1)N1C(=O)C(c2cc(F)cc(F)c2)=NC12CCC(C(C)(C)C)CC2. The third-order valence-electron chi connectivity index (χ3n) is 8.39. The maximum absolute atomic E-state index is 14.2. The van der Waals surface area contributed by atoms with Gasteiger partial charge in [0.25, 0.3) is 11.8 Å². The van der Waals surface area contributed by atoms with Crippen LogP contribution in [0.2, 0.25) is 0 Å². The zero-order valence-corrected chi connectivity index (χ0v) is 24.2. The van der Waals surface area contributed by atoms with Crippen molar-refractivity contribution in [1.29, 1.82) is 0 Å². The van der Waals surface area contributed by atoms with E-state index in [0.29, 0.717) is 30.7 Å². The maximum Gasteiger partial charge on any atom is 0.305 e. The highest BCUT2D eigenvalue weighted by Crippen LogP contribution is 2.49. The Labute approximate surface area is 240 Å². The lowest BCUT2D eigenvalue weighted by Gasteiger charge is -2.47. The number of aliphatic carboxylic acids is 1. The third kappa shape index (κ3) is 6.66. The average molecular weight is 568 g/mol. The summed E-state index contributed by atoms with van der Waals surface area (Å²) in [6.45, 7) is 8.71. The molecule has 9 heteroatoms. The fraction of sp³-hybridized carbons (Fsp3) is 0.500. The van der Waals surface area contributed by atoms with Crippen LogP contribution in [-0.4, -0.2) is 45.7 Å². The largest absolute Gasteiger partial charge is 0.481 e. The van der Waals surface area contributed by atoms with Crippen molar-refractivity contribution in [3.8, 4) is 0 Å². The maximum atomic E-state index is 14.2. The first-order valence-electron chi connectivity index (χ1n) is 14.3. The van der Waals surface area contributed by atoms with Gasteiger partial charge < -0.3 is 15.3 Å². The number of halogens is 2. The molecule has 0 bridgehead atoms. The summed E-state index contributed by atoms with van der Waals surface area (Å²) in [4.78, 5) is 44.2. The summed E-state index contributed by atoms with van der Waals surface area (Å²) in [6, 6.07) is 9.70. The lowest BCUT2D eigenvalue weighted by Crippen LogP contribution is -2.51. The smallest absolute Gasteiger partial charge is 0.305 e. The van der Waals surface area contributed by atoms with Gasteiger partial charge >= 0.3 is 5.97 Å². The van der Waals surface area contributed by atoms with E-state index in [0.717, 1.165) is 43.0 Å². The molecular formula is C32H39F2N3O4. The number of carboxylic acids is 1. The number of amides is 2. The van der Waals surface area contributed by atoms with Gasteiger partial charge in [0.1, 0.15) is 23.0 Å². The molecule has 2 amide bonds. The number of carbonyl (C=O) groups is 3. The molecule has 0 unspecified atom stereocenters. The zero-order valence-electron chi connectivity index (χ0n) is 24.2. The van der Waals surface area contributed by atoms with Crippen molar-refractivity contribution >= 4 is 23.5 Å². The van der Waals surface area contributed by atoms with Crippen LogP contribution in [0.3, 0.4) is 0 Å². The summed E-state index contributed by atoms with van der Waals surface area (Å²) in [5.74, 6) is -2.79. The summed E-state index contributed by atoms with van der Waals surface area (Å²) >= 11 is 0. The molecule has 2 N–H and O–H groups in total. The molecule has 1 spiro atoms. The molecule has 2 aromatic carbocycles. The summed E-state index contributed by atoms with van der Waals surface area (Å²) in [7, 11) is 0. The lowest BCUT2D eigenvalue weighted by molar-refractivity contribution is -0.137. The Bertz CT molecular complexity index is 1310. The molecule has 1 atom stereocenters. The van der Waals surface area contributed by atoms with Gasteiger partial charge in [-0.25, -0.2) is 8.78 Å². The minimum absolute atomic E-state index is 0.0233. The second kappa shape index (κ2) is 12.1. The second-order valence-electron chi connectivity index (χ2n) is 12.2. The van der Waals surface area contributed by atoms with Crippen LogP contribution in [0.4, 0.5) is 8.78 Å². The van der Waals surface area contributed by atoms with E-state index in [1.54, 1.807) is 12.1 Å². The van der Waals surface area contributed by atoms with E-state index in [1.807, 2.05) is 24.0 Å². The highest BCUT2D eigenvalue weighted by atomic mass is 19.1. The molecule has 41 heavy (non-hydrogen) atoms. The van der Waals surface area contributed by atoms with Gasteiger partial charge in [-0.15, -0.1) is 0 Å². The number of nitrogens with one attached hydrogen (secondary N) is 1. The Hall–Kier alpha value is -3.62. The highest BCUT2D eigenvalue weighted by Gasteiger charge is 2.52. The van der Waals surface area contributed by atoms with Crippen molar-refractivity contribution in [2.45, 2.75) is 84.3 Å². The summed E-state index contributed by atoms with van der Waals surface area (Å²) in [5.41, 5.74) is 0.709. The standard InChI is InChI=1S/C32H39F2N3O4/c1-5-6-26(20-7-9-21(10-8-20)29(40)35-16-13-27(38)39)37-30(41)28(22-17-24(33)19-25(34)18-22)36-32(37)14-11-23(12-15-32)31(2,3)4/h7-10,17-19,23,26H,5-6,11-16H2,1-4H3,(H,35,40)(H,38,39)/t23?,26-,32?/m1/s1. The Morgan fingerprint density at radius 3 is 2.24 bits per heavy atom. The van der Waals surface area contributed by atoms with Crippen molar-refractivity contribution in [1.82, 2.24) is 10.2 Å². The average Bonchev–Trinajstić information content (AvgIpc) is 3.17. The van der Waals surface area contributed by atoms with Crippen molar-refractivity contribution in [2.75, 3.05) is 6.54 Å². The van der Waals surface area contributed by atoms with Crippen LogP contribution in [0.25, 0.3) is 0 Å². The van der Waals surface area contributed by atoms with E-state index >= 15 is 0 Å². The lowest BCUT2D eigenvalue weighted by atomic mass is 9.69. The monoisotopic (exact) mass is 567 g/mol. The third-order valence-corrected chi connectivity index (χ3v) is 8.39. The van der Waals surface area contributed by atoms with Crippen LogP contribution in [-0.2, 0) is 9.59 Å². The summed E-state index contributed by atoms with van der Waals surface area (Å²) in [5, 5.41) is 11.4. The van der Waals surface area contributed by atoms with E-state index in [9.17, 15) is 23.2 Å². The minimum Gasteiger partial charge on any atom is -0.481 e. The van der Waals surface area contributed by atoms with Crippen molar-refractivity contribution in [3.05, 3.63) is 70.8 Å². The fourth-order valence-corrected chi connectivity index (χ4v) is 6.18. The van der Waals surface area contributed by atoms with E-state index in [2.05, 4.69) is 26.1 Å². The molecule has 4 rings (SSSR count). The van der Waals surface area contributed by atoms with E-state index in [-0.39, 0.29) is 47.5 Å². The predicted octanol–water partition coefficient (Wildman–Crippen LogP) is 6.27. The van der Waals surface area contributed by atoms with E-state index in [1.165, 1.54) is 0 Å². The van der Waals surface area contributed by atoms with Crippen LogP contribution in [0.15, 0.2) is 47.5 Å². The number of hydrogen-bond acceptors (Lipinski definition) is 4. The van der Waals surface area contributed by atoms with Gasteiger partial charge in [0.05, 0.1) is 12.5 Å². The number of benzene rings is 2. The molecule has 1 heterocycles. The van der Waals surface area contributed by atoms with Crippen LogP contribution in [0.5, 0.6) is 0 Å². The molecular weight excluding hydrogens is 528 g/mol. The number of rotatable bonds is 9. The summed E-state index contributed by atoms with van der Waals surface area (Å²) in [6.07, 6.45) is 4.27. The molecule has 0 saturated heterocycles. The molecule has 1 fully saturated rings. The van der Waals surface area contributed by atoms with Gasteiger partial charge in [-0.2, -0.15) is 0 Å². The van der Waals surface area contributed by atoms with Gasteiger partial charge in [-0.1, -0.05) is 46.2 Å². The fourth-order valence-electron chi connectivity index (χ4n) is 6.18. The Morgan fingerprint density at radius 1 is 1.10 bits per heavy atom. The Kier molecular flexibility index (Phi) is 8.94. The van der Waals surface area contributed by atoms with Gasteiger partial charge in [0.2, 0.25) is 0 Å². The first kappa shape index (κ1) is 30.3. The molecule has 0 aromatic heterocycles. The van der Waals surface area contributed by atoms with Gasteiger partial charge in [0.15, 0.2) is 0 Å². The molecule has 0 radical (unpaired) electrons. The number of nitrogens with zero attached hydrogens (tertiary/aromatic N) is 2. The molecule has 7 nitrogen and oxygen atoms in total. The number of carboxylic acid groups (broad SMARTS) is 1. The quantitative estimate of drug-likeness (QED) is 0.373. The van der Waals surface area contributed by atoms with Crippen molar-refractivity contribution in [2.24, 2.45) is 16.3 Å². The Balaban J connectivity index is 1.69. The van der Waals surface area contributed by atoms with Crippen molar-refractivity contribution < 1.29 is 28.3 Å². The summed E-state index contributed by atoms with van der Waals surface area (Å²) < 4.78 is 28.4. The van der Waals surface area contributed by atoms with Gasteiger partial charge in [0, 0.05) is 23.7 Å². The second-order valence-corrected chi connectivity index (χ2v) is 12.2. The zero-order chi connectivity index (χ0) is 29.9. The predicted molar refractivity (Wildman–Crippen MR) is 153 cm³/mol. The molecule has 1 aliphatic heterocycles.